The van der Waals surface area contributed by atoms with E-state index in [1.54, 1.807) is 13.0 Å². The van der Waals surface area contributed by atoms with Gasteiger partial charge in [0.05, 0.1) is 5.39 Å². The first-order chi connectivity index (χ1) is 9.88. The highest BCUT2D eigenvalue weighted by Crippen LogP contribution is 2.34. The number of H-pyrrole nitrogens is 1. The van der Waals surface area contributed by atoms with Crippen LogP contribution in [0.5, 0.6) is 0 Å². The lowest BCUT2D eigenvalue weighted by atomic mass is 9.95. The van der Waals surface area contributed by atoms with Gasteiger partial charge in [-0.2, -0.15) is 13.2 Å². The molecule has 1 N–H and O–H groups in total. The average molecular weight is 299 g/mol. The van der Waals surface area contributed by atoms with Crippen LogP contribution in [0.2, 0.25) is 0 Å². The van der Waals surface area contributed by atoms with Crippen LogP contribution in [0.1, 0.15) is 49.7 Å². The second-order valence-corrected chi connectivity index (χ2v) is 5.61. The number of nitrogens with zero attached hydrogens (tertiary/aromatic N) is 2. The molecule has 114 valence electrons. The third-order valence-electron chi connectivity index (χ3n) is 4.02. The van der Waals surface area contributed by atoms with Gasteiger partial charge in [-0.3, -0.25) is 9.36 Å². The van der Waals surface area contributed by atoms with Gasteiger partial charge in [-0.15, -0.1) is 0 Å². The molecule has 21 heavy (non-hydrogen) atoms. The van der Waals surface area contributed by atoms with Gasteiger partial charge in [0.15, 0.2) is 0 Å². The molecule has 4 nitrogen and oxygen atoms in total. The molecule has 7 heteroatoms. The van der Waals surface area contributed by atoms with Gasteiger partial charge in [0, 0.05) is 11.7 Å². The van der Waals surface area contributed by atoms with E-state index in [0.29, 0.717) is 18.5 Å². The van der Waals surface area contributed by atoms with E-state index in [2.05, 4.69) is 9.97 Å². The summed E-state index contributed by atoms with van der Waals surface area (Å²) >= 11 is 0. The molecule has 1 fully saturated rings. The first kappa shape index (κ1) is 14.2. The fraction of sp³-hybridized carbons (Fsp3) is 0.571. The summed E-state index contributed by atoms with van der Waals surface area (Å²) in [6.07, 6.45) is -0.744. The number of hydrogen-bond donors (Lipinski definition) is 1. The number of aromatic amines is 1. The highest BCUT2D eigenvalue weighted by Gasteiger charge is 2.39. The molecule has 0 spiro atoms. The van der Waals surface area contributed by atoms with E-state index in [1.165, 1.54) is 0 Å². The van der Waals surface area contributed by atoms with Crippen LogP contribution >= 0.6 is 0 Å². The number of halogens is 3. The van der Waals surface area contributed by atoms with Crippen molar-refractivity contribution in [1.29, 1.82) is 0 Å². The molecule has 0 saturated heterocycles. The predicted molar refractivity (Wildman–Crippen MR) is 72.2 cm³/mol. The maximum absolute atomic E-state index is 13.3. The Morgan fingerprint density at radius 2 is 1.95 bits per heavy atom. The van der Waals surface area contributed by atoms with Crippen molar-refractivity contribution in [3.05, 3.63) is 27.9 Å². The molecule has 0 aromatic carbocycles. The molecule has 2 aromatic rings. The van der Waals surface area contributed by atoms with Crippen LogP contribution < -0.4 is 5.56 Å². The molecule has 3 rings (SSSR count). The molecule has 0 radical (unpaired) electrons. The van der Waals surface area contributed by atoms with Crippen LogP contribution in [0.25, 0.3) is 11.0 Å². The molecule has 2 aromatic heterocycles. The lowest BCUT2D eigenvalue weighted by Crippen LogP contribution is -2.33. The van der Waals surface area contributed by atoms with Gasteiger partial charge in [0.25, 0.3) is 5.56 Å². The summed E-state index contributed by atoms with van der Waals surface area (Å²) in [5.41, 5.74) is 0.0459. The van der Waals surface area contributed by atoms with E-state index in [9.17, 15) is 18.0 Å². The Hall–Kier alpha value is -1.79. The van der Waals surface area contributed by atoms with Crippen LogP contribution in [0, 0.1) is 6.92 Å². The number of alkyl halides is 3. The quantitative estimate of drug-likeness (QED) is 0.875. The summed E-state index contributed by atoms with van der Waals surface area (Å²) < 4.78 is 40.7. The molecule has 0 amide bonds. The van der Waals surface area contributed by atoms with Crippen LogP contribution in [0.4, 0.5) is 13.2 Å². The molecule has 0 unspecified atom stereocenters. The van der Waals surface area contributed by atoms with Gasteiger partial charge in [-0.25, -0.2) is 4.98 Å². The lowest BCUT2D eigenvalue weighted by Gasteiger charge is -2.26. The fourth-order valence-electron chi connectivity index (χ4n) is 3.09. The third-order valence-corrected chi connectivity index (χ3v) is 4.02. The fourth-order valence-corrected chi connectivity index (χ4v) is 3.09. The number of aryl methyl sites for hydroxylation is 1. The Kier molecular flexibility index (Phi) is 3.30. The lowest BCUT2D eigenvalue weighted by molar-refractivity contribution is -0.149. The summed E-state index contributed by atoms with van der Waals surface area (Å²) in [5.74, 6) is -1.09. The van der Waals surface area contributed by atoms with Crippen molar-refractivity contribution in [2.75, 3.05) is 0 Å². The Bertz CT molecular complexity index is 723. The second-order valence-electron chi connectivity index (χ2n) is 5.61. The van der Waals surface area contributed by atoms with Crippen molar-refractivity contribution in [2.45, 2.75) is 51.2 Å². The molecule has 2 heterocycles. The normalized spacial score (nSPS) is 17.5. The number of hydrogen-bond acceptors (Lipinski definition) is 2. The largest absolute Gasteiger partial charge is 0.449 e. The number of nitrogens with one attached hydrogen (secondary N) is 1. The molecule has 1 aliphatic carbocycles. The van der Waals surface area contributed by atoms with Crippen molar-refractivity contribution < 1.29 is 13.2 Å². The number of fused-ring (bicyclic) bond motifs is 1. The van der Waals surface area contributed by atoms with Crippen molar-refractivity contribution in [3.63, 3.8) is 0 Å². The van der Waals surface area contributed by atoms with E-state index in [4.69, 9.17) is 0 Å². The van der Waals surface area contributed by atoms with Gasteiger partial charge in [0.1, 0.15) is 5.65 Å². The second kappa shape index (κ2) is 4.89. The zero-order chi connectivity index (χ0) is 15.2. The predicted octanol–water partition coefficient (Wildman–Crippen LogP) is 3.56. The van der Waals surface area contributed by atoms with Crippen LogP contribution in [0.15, 0.2) is 10.9 Å². The van der Waals surface area contributed by atoms with Gasteiger partial charge in [0.2, 0.25) is 5.82 Å². The van der Waals surface area contributed by atoms with E-state index in [-0.39, 0.29) is 11.0 Å². The zero-order valence-corrected chi connectivity index (χ0v) is 11.6. The van der Waals surface area contributed by atoms with E-state index < -0.39 is 23.6 Å². The topological polar surface area (TPSA) is 50.7 Å². The molecule has 0 aliphatic heterocycles. The Balaban J connectivity index is 2.28. The molecule has 1 aliphatic rings. The molecule has 0 bridgehead atoms. The third kappa shape index (κ3) is 2.45. The smallest absolute Gasteiger partial charge is 0.343 e. The van der Waals surface area contributed by atoms with Crippen molar-refractivity contribution >= 4 is 11.0 Å². The standard InChI is InChI=1S/C14H16F3N3O/c1-8-7-10-11(18-8)19-13(14(15,16)17)20(12(10)21)9-5-3-2-4-6-9/h7,9,18H,2-6H2,1H3. The van der Waals surface area contributed by atoms with Gasteiger partial charge in [-0.05, 0) is 25.8 Å². The average Bonchev–Trinajstić information content (AvgIpc) is 2.79. The molecular weight excluding hydrogens is 283 g/mol. The van der Waals surface area contributed by atoms with E-state index >= 15 is 0 Å². The highest BCUT2D eigenvalue weighted by atomic mass is 19.4. The summed E-state index contributed by atoms with van der Waals surface area (Å²) in [7, 11) is 0. The minimum Gasteiger partial charge on any atom is -0.343 e. The summed E-state index contributed by atoms with van der Waals surface area (Å²) in [4.78, 5) is 18.9. The first-order valence-electron chi connectivity index (χ1n) is 7.07. The van der Waals surface area contributed by atoms with Crippen molar-refractivity contribution in [3.8, 4) is 0 Å². The molecular formula is C14H16F3N3O. The molecule has 0 atom stereocenters. The highest BCUT2D eigenvalue weighted by molar-refractivity contribution is 5.75. The van der Waals surface area contributed by atoms with Crippen LogP contribution in [0.3, 0.4) is 0 Å². The SMILES string of the molecule is Cc1cc2c(=O)n(C3CCCCC3)c(C(F)(F)F)nc2[nH]1. The van der Waals surface area contributed by atoms with Gasteiger partial charge < -0.3 is 4.98 Å². The minimum absolute atomic E-state index is 0.0110. The van der Waals surface area contributed by atoms with Crippen molar-refractivity contribution in [1.82, 2.24) is 14.5 Å². The Labute approximate surface area is 119 Å². The van der Waals surface area contributed by atoms with Gasteiger partial charge >= 0.3 is 6.18 Å². The van der Waals surface area contributed by atoms with E-state index in [0.717, 1.165) is 23.8 Å². The minimum atomic E-state index is -4.64. The Morgan fingerprint density at radius 1 is 1.29 bits per heavy atom. The maximum atomic E-state index is 13.3. The molecule has 1 saturated carbocycles. The summed E-state index contributed by atoms with van der Waals surface area (Å²) in [6.45, 7) is 1.69. The summed E-state index contributed by atoms with van der Waals surface area (Å²) in [5, 5.41) is 0.228. The Morgan fingerprint density at radius 3 is 2.57 bits per heavy atom. The monoisotopic (exact) mass is 299 g/mol. The van der Waals surface area contributed by atoms with E-state index in [1.807, 2.05) is 0 Å². The van der Waals surface area contributed by atoms with Crippen LogP contribution in [-0.4, -0.2) is 14.5 Å². The number of rotatable bonds is 1. The zero-order valence-electron chi connectivity index (χ0n) is 11.6. The first-order valence-corrected chi connectivity index (χ1v) is 7.07. The summed E-state index contributed by atoms with van der Waals surface area (Å²) in [6, 6.07) is 1.15. The van der Waals surface area contributed by atoms with Crippen LogP contribution in [-0.2, 0) is 6.18 Å². The maximum Gasteiger partial charge on any atom is 0.449 e. The van der Waals surface area contributed by atoms with Gasteiger partial charge in [-0.1, -0.05) is 19.3 Å². The van der Waals surface area contributed by atoms with Crippen molar-refractivity contribution in [2.24, 2.45) is 0 Å². The number of aromatic nitrogens is 3.